The number of carbonyl (C=O) groups is 1. The molecule has 0 radical (unpaired) electrons. The van der Waals surface area contributed by atoms with E-state index in [2.05, 4.69) is 10.1 Å². The number of benzene rings is 1. The fraction of sp³-hybridized carbons (Fsp3) is 0.389. The summed E-state index contributed by atoms with van der Waals surface area (Å²) in [5, 5.41) is 3.88. The molecule has 1 aliphatic rings. The number of hydrogen-bond donors (Lipinski definition) is 1. The molecular weight excluding hydrogens is 304 g/mol. The van der Waals surface area contributed by atoms with Crippen molar-refractivity contribution < 1.29 is 9.32 Å². The Hall–Kier alpha value is -2.63. The van der Waals surface area contributed by atoms with Crippen LogP contribution in [0.25, 0.3) is 11.0 Å². The van der Waals surface area contributed by atoms with E-state index in [1.165, 1.54) is 0 Å². The van der Waals surface area contributed by atoms with E-state index < -0.39 is 0 Å². The van der Waals surface area contributed by atoms with Crippen molar-refractivity contribution in [2.45, 2.75) is 32.6 Å². The van der Waals surface area contributed by atoms with Crippen molar-refractivity contribution in [2.75, 3.05) is 13.1 Å². The Balaban J connectivity index is 1.47. The van der Waals surface area contributed by atoms with Crippen LogP contribution in [0, 0.1) is 13.8 Å². The van der Waals surface area contributed by atoms with Gasteiger partial charge in [0.25, 0.3) is 5.91 Å². The number of nitrogens with one attached hydrogen (secondary N) is 1. The van der Waals surface area contributed by atoms with Crippen molar-refractivity contribution in [1.29, 1.82) is 0 Å². The number of nitrogens with zero attached hydrogens (tertiary/aromatic N) is 3. The van der Waals surface area contributed by atoms with Gasteiger partial charge in [-0.1, -0.05) is 17.3 Å². The maximum absolute atomic E-state index is 12.7. The Morgan fingerprint density at radius 2 is 2.00 bits per heavy atom. The molecule has 0 saturated carbocycles. The summed E-state index contributed by atoms with van der Waals surface area (Å²) in [5.74, 6) is 2.01. The van der Waals surface area contributed by atoms with Crippen LogP contribution in [0.3, 0.4) is 0 Å². The van der Waals surface area contributed by atoms with Crippen molar-refractivity contribution in [3.63, 3.8) is 0 Å². The second kappa shape index (κ2) is 5.78. The zero-order chi connectivity index (χ0) is 16.7. The highest BCUT2D eigenvalue weighted by Gasteiger charge is 2.29. The first-order valence-electron chi connectivity index (χ1n) is 8.30. The van der Waals surface area contributed by atoms with E-state index in [0.717, 1.165) is 42.8 Å². The highest BCUT2D eigenvalue weighted by molar-refractivity contribution is 5.96. The number of para-hydroxylation sites is 2. The van der Waals surface area contributed by atoms with E-state index >= 15 is 0 Å². The van der Waals surface area contributed by atoms with E-state index in [-0.39, 0.29) is 5.91 Å². The van der Waals surface area contributed by atoms with Crippen molar-refractivity contribution in [2.24, 2.45) is 0 Å². The molecule has 124 valence electrons. The standard InChI is InChI=1S/C18H20N4O2/c1-11-16(12(2)24-21-11)18(23)22-9-7-13(8-10-22)17-19-14-5-3-4-6-15(14)20-17/h3-6,13H,7-10H2,1-2H3,(H,19,20). The van der Waals surface area contributed by atoms with Crippen LogP contribution in [-0.4, -0.2) is 39.0 Å². The minimum atomic E-state index is 0.0225. The Bertz CT molecular complexity index is 835. The zero-order valence-corrected chi connectivity index (χ0v) is 13.9. The Morgan fingerprint density at radius 1 is 1.25 bits per heavy atom. The molecule has 3 aromatic rings. The molecule has 0 aliphatic carbocycles. The number of carbonyl (C=O) groups excluding carboxylic acids is 1. The van der Waals surface area contributed by atoms with Crippen molar-refractivity contribution in [1.82, 2.24) is 20.0 Å². The molecule has 3 heterocycles. The summed E-state index contributed by atoms with van der Waals surface area (Å²) in [6, 6.07) is 8.07. The van der Waals surface area contributed by atoms with Crippen LogP contribution in [0.4, 0.5) is 0 Å². The highest BCUT2D eigenvalue weighted by Crippen LogP contribution is 2.29. The van der Waals surface area contributed by atoms with Gasteiger partial charge in [0.2, 0.25) is 0 Å². The lowest BCUT2D eigenvalue weighted by Gasteiger charge is -2.31. The Labute approximate surface area is 139 Å². The number of H-pyrrole nitrogens is 1. The summed E-state index contributed by atoms with van der Waals surface area (Å²) >= 11 is 0. The third-order valence-electron chi connectivity index (χ3n) is 4.82. The predicted octanol–water partition coefficient (Wildman–Crippen LogP) is 3.19. The summed E-state index contributed by atoms with van der Waals surface area (Å²) in [6.45, 7) is 5.05. The van der Waals surface area contributed by atoms with Gasteiger partial charge in [0.15, 0.2) is 0 Å². The lowest BCUT2D eigenvalue weighted by atomic mass is 9.95. The van der Waals surface area contributed by atoms with E-state index in [0.29, 0.717) is 22.9 Å². The number of amides is 1. The third-order valence-corrected chi connectivity index (χ3v) is 4.82. The lowest BCUT2D eigenvalue weighted by Crippen LogP contribution is -2.38. The average molecular weight is 324 g/mol. The van der Waals surface area contributed by atoms with Gasteiger partial charge in [0, 0.05) is 19.0 Å². The second-order valence-corrected chi connectivity index (χ2v) is 6.40. The quantitative estimate of drug-likeness (QED) is 0.785. The molecule has 0 spiro atoms. The number of aromatic nitrogens is 3. The van der Waals surface area contributed by atoms with Gasteiger partial charge in [-0.3, -0.25) is 4.79 Å². The van der Waals surface area contributed by atoms with Crippen molar-refractivity contribution >= 4 is 16.9 Å². The van der Waals surface area contributed by atoms with Crippen LogP contribution < -0.4 is 0 Å². The normalized spacial score (nSPS) is 16.0. The number of piperidine rings is 1. The molecule has 1 N–H and O–H groups in total. The lowest BCUT2D eigenvalue weighted by molar-refractivity contribution is 0.0709. The van der Waals surface area contributed by atoms with Gasteiger partial charge in [-0.05, 0) is 38.8 Å². The minimum absolute atomic E-state index is 0.0225. The second-order valence-electron chi connectivity index (χ2n) is 6.40. The van der Waals surface area contributed by atoms with Crippen LogP contribution >= 0.6 is 0 Å². The number of aromatic amines is 1. The molecule has 0 unspecified atom stereocenters. The highest BCUT2D eigenvalue weighted by atomic mass is 16.5. The summed E-state index contributed by atoms with van der Waals surface area (Å²) in [7, 11) is 0. The number of likely N-dealkylation sites (tertiary alicyclic amines) is 1. The first kappa shape index (κ1) is 14.9. The molecule has 4 rings (SSSR count). The predicted molar refractivity (Wildman–Crippen MR) is 89.9 cm³/mol. The van der Waals surface area contributed by atoms with Gasteiger partial charge in [-0.2, -0.15) is 0 Å². The molecule has 0 bridgehead atoms. The molecule has 1 amide bonds. The van der Waals surface area contributed by atoms with Crippen LogP contribution in [0.5, 0.6) is 0 Å². The first-order chi connectivity index (χ1) is 11.6. The molecular formula is C18H20N4O2. The third kappa shape index (κ3) is 2.48. The fourth-order valence-corrected chi connectivity index (χ4v) is 3.47. The molecule has 0 atom stereocenters. The van der Waals surface area contributed by atoms with E-state index in [1.54, 1.807) is 6.92 Å². The van der Waals surface area contributed by atoms with E-state index in [1.807, 2.05) is 36.1 Å². The minimum Gasteiger partial charge on any atom is -0.361 e. The molecule has 24 heavy (non-hydrogen) atoms. The van der Waals surface area contributed by atoms with Gasteiger partial charge in [0.1, 0.15) is 17.1 Å². The summed E-state index contributed by atoms with van der Waals surface area (Å²) in [5.41, 5.74) is 3.34. The number of imidazole rings is 1. The summed E-state index contributed by atoms with van der Waals surface area (Å²) in [6.07, 6.45) is 1.82. The maximum atomic E-state index is 12.7. The fourth-order valence-electron chi connectivity index (χ4n) is 3.47. The van der Waals surface area contributed by atoms with Crippen molar-refractivity contribution in [3.05, 3.63) is 47.1 Å². The zero-order valence-electron chi connectivity index (χ0n) is 13.9. The number of fused-ring (bicyclic) bond motifs is 1. The van der Waals surface area contributed by atoms with Crippen LogP contribution in [-0.2, 0) is 0 Å². The first-order valence-corrected chi connectivity index (χ1v) is 8.30. The van der Waals surface area contributed by atoms with Crippen LogP contribution in [0.1, 0.15) is 46.4 Å². The molecule has 6 heteroatoms. The molecule has 6 nitrogen and oxygen atoms in total. The Kier molecular flexibility index (Phi) is 3.59. The Morgan fingerprint density at radius 3 is 2.67 bits per heavy atom. The van der Waals surface area contributed by atoms with Gasteiger partial charge in [-0.15, -0.1) is 0 Å². The monoisotopic (exact) mass is 324 g/mol. The van der Waals surface area contributed by atoms with Gasteiger partial charge in [0.05, 0.1) is 16.7 Å². The molecule has 1 aromatic carbocycles. The largest absolute Gasteiger partial charge is 0.361 e. The summed E-state index contributed by atoms with van der Waals surface area (Å²) in [4.78, 5) is 22.7. The molecule has 1 fully saturated rings. The molecule has 1 aliphatic heterocycles. The topological polar surface area (TPSA) is 75.0 Å². The SMILES string of the molecule is Cc1noc(C)c1C(=O)N1CCC(c2nc3ccccc3[nH]2)CC1. The van der Waals surface area contributed by atoms with E-state index in [4.69, 9.17) is 9.51 Å². The molecule has 1 saturated heterocycles. The number of aryl methyl sites for hydroxylation is 2. The van der Waals surface area contributed by atoms with Crippen LogP contribution in [0.2, 0.25) is 0 Å². The smallest absolute Gasteiger partial charge is 0.259 e. The number of hydrogen-bond acceptors (Lipinski definition) is 4. The van der Waals surface area contributed by atoms with Gasteiger partial charge < -0.3 is 14.4 Å². The summed E-state index contributed by atoms with van der Waals surface area (Å²) < 4.78 is 5.12. The van der Waals surface area contributed by atoms with E-state index in [9.17, 15) is 4.79 Å². The maximum Gasteiger partial charge on any atom is 0.259 e. The van der Waals surface area contributed by atoms with Crippen molar-refractivity contribution in [3.8, 4) is 0 Å². The average Bonchev–Trinajstić information content (AvgIpc) is 3.18. The van der Waals surface area contributed by atoms with Gasteiger partial charge >= 0.3 is 0 Å². The van der Waals surface area contributed by atoms with Gasteiger partial charge in [-0.25, -0.2) is 4.98 Å². The molecule has 2 aromatic heterocycles. The number of rotatable bonds is 2. The van der Waals surface area contributed by atoms with Crippen LogP contribution in [0.15, 0.2) is 28.8 Å².